The maximum absolute atomic E-state index is 12.3. The molecule has 0 aliphatic rings. The van der Waals surface area contributed by atoms with Crippen LogP contribution in [0.15, 0.2) is 42.2 Å². The first-order valence-electron chi connectivity index (χ1n) is 7.86. The van der Waals surface area contributed by atoms with Crippen molar-refractivity contribution >= 4 is 35.2 Å². The lowest BCUT2D eigenvalue weighted by Gasteiger charge is -2.06. The van der Waals surface area contributed by atoms with Crippen molar-refractivity contribution in [2.24, 2.45) is 0 Å². The molecule has 8 heteroatoms. The largest absolute Gasteiger partial charge is 0.462 e. The standard InChI is InChI=1S/C18H17ClN4O3/c1-2-26-18(25)14-3-5-16(6-4-14)22-17(24)15(10-20)9-13-11-21-23(12-13)8-7-19/h3-6,9,11-12H,2,7-8H2,1H3,(H,22,24). The average Bonchev–Trinajstić information content (AvgIpc) is 3.08. The molecule has 1 N–H and O–H groups in total. The normalized spacial score (nSPS) is 10.9. The minimum absolute atomic E-state index is 0.0649. The number of halogens is 1. The van der Waals surface area contributed by atoms with Crippen molar-refractivity contribution in [2.45, 2.75) is 13.5 Å². The molecule has 1 heterocycles. The molecule has 7 nitrogen and oxygen atoms in total. The van der Waals surface area contributed by atoms with E-state index in [0.29, 0.717) is 29.2 Å². The van der Waals surface area contributed by atoms with Gasteiger partial charge in [-0.15, -0.1) is 11.6 Å². The van der Waals surface area contributed by atoms with Gasteiger partial charge in [-0.1, -0.05) is 0 Å². The molecule has 0 unspecified atom stereocenters. The molecule has 2 rings (SSSR count). The third kappa shape index (κ3) is 5.19. The predicted molar refractivity (Wildman–Crippen MR) is 97.6 cm³/mol. The molecular weight excluding hydrogens is 356 g/mol. The van der Waals surface area contributed by atoms with Crippen molar-refractivity contribution in [2.75, 3.05) is 17.8 Å². The molecule has 0 spiro atoms. The van der Waals surface area contributed by atoms with E-state index in [0.717, 1.165) is 0 Å². The first-order valence-corrected chi connectivity index (χ1v) is 8.39. The van der Waals surface area contributed by atoms with Crippen molar-refractivity contribution in [3.8, 4) is 6.07 Å². The van der Waals surface area contributed by atoms with E-state index in [1.807, 2.05) is 6.07 Å². The number of hydrogen-bond donors (Lipinski definition) is 1. The van der Waals surface area contributed by atoms with Crippen molar-refractivity contribution < 1.29 is 14.3 Å². The average molecular weight is 373 g/mol. The molecule has 0 fully saturated rings. The summed E-state index contributed by atoms with van der Waals surface area (Å²) >= 11 is 5.65. The third-order valence-electron chi connectivity index (χ3n) is 3.30. The Balaban J connectivity index is 2.07. The molecule has 0 radical (unpaired) electrons. The number of alkyl halides is 1. The summed E-state index contributed by atoms with van der Waals surface area (Å²) in [6.07, 6.45) is 4.69. The Morgan fingerprint density at radius 2 is 2.12 bits per heavy atom. The van der Waals surface area contributed by atoms with Crippen LogP contribution in [0.5, 0.6) is 0 Å². The summed E-state index contributed by atoms with van der Waals surface area (Å²) in [5.41, 5.74) is 1.40. The van der Waals surface area contributed by atoms with Gasteiger partial charge in [0.1, 0.15) is 11.6 Å². The molecule has 0 saturated carbocycles. The number of aromatic nitrogens is 2. The zero-order valence-corrected chi connectivity index (χ0v) is 14.9. The summed E-state index contributed by atoms with van der Waals surface area (Å²) in [6.45, 7) is 2.55. The van der Waals surface area contributed by atoms with Crippen LogP contribution in [0.1, 0.15) is 22.8 Å². The van der Waals surface area contributed by atoms with Crippen LogP contribution < -0.4 is 5.32 Å². The molecule has 0 bridgehead atoms. The SMILES string of the molecule is CCOC(=O)c1ccc(NC(=O)C(C#N)=Cc2cnn(CCCl)c2)cc1. The van der Waals surface area contributed by atoms with E-state index in [1.165, 1.54) is 6.08 Å². The van der Waals surface area contributed by atoms with E-state index >= 15 is 0 Å². The lowest BCUT2D eigenvalue weighted by molar-refractivity contribution is -0.112. The second-order valence-corrected chi connectivity index (χ2v) is 5.53. The summed E-state index contributed by atoms with van der Waals surface area (Å²) in [6, 6.07) is 8.09. The lowest BCUT2D eigenvalue weighted by atomic mass is 10.1. The van der Waals surface area contributed by atoms with Crippen LogP contribution in [0.2, 0.25) is 0 Å². The monoisotopic (exact) mass is 372 g/mol. The maximum atomic E-state index is 12.3. The van der Waals surface area contributed by atoms with Gasteiger partial charge in [0.2, 0.25) is 0 Å². The predicted octanol–water partition coefficient (Wildman–Crippen LogP) is 2.84. The Morgan fingerprint density at radius 1 is 1.38 bits per heavy atom. The molecule has 1 amide bonds. The maximum Gasteiger partial charge on any atom is 0.338 e. The second-order valence-electron chi connectivity index (χ2n) is 5.15. The van der Waals surface area contributed by atoms with E-state index in [2.05, 4.69) is 10.4 Å². The summed E-state index contributed by atoms with van der Waals surface area (Å²) in [4.78, 5) is 23.9. The fraction of sp³-hybridized carbons (Fsp3) is 0.222. The van der Waals surface area contributed by atoms with Gasteiger partial charge in [-0.2, -0.15) is 10.4 Å². The number of carbonyl (C=O) groups excluding carboxylic acids is 2. The van der Waals surface area contributed by atoms with Gasteiger partial charge in [0, 0.05) is 23.3 Å². The Hall–Kier alpha value is -3.11. The number of nitrogens with zero attached hydrogens (tertiary/aromatic N) is 3. The van der Waals surface area contributed by atoms with E-state index in [-0.39, 0.29) is 12.2 Å². The minimum atomic E-state index is -0.554. The Labute approximate surface area is 155 Å². The number of anilines is 1. The van der Waals surface area contributed by atoms with Gasteiger partial charge >= 0.3 is 5.97 Å². The van der Waals surface area contributed by atoms with Crippen molar-refractivity contribution in [1.82, 2.24) is 9.78 Å². The summed E-state index contributed by atoms with van der Waals surface area (Å²) in [5, 5.41) is 15.9. The third-order valence-corrected chi connectivity index (χ3v) is 3.47. The van der Waals surface area contributed by atoms with Gasteiger partial charge in [0.05, 0.1) is 24.9 Å². The number of nitriles is 1. The highest BCUT2D eigenvalue weighted by atomic mass is 35.5. The van der Waals surface area contributed by atoms with Gasteiger partial charge in [0.25, 0.3) is 5.91 Å². The molecule has 26 heavy (non-hydrogen) atoms. The van der Waals surface area contributed by atoms with E-state index in [1.54, 1.807) is 48.3 Å². The second kappa shape index (κ2) is 9.39. The van der Waals surface area contributed by atoms with Crippen molar-refractivity contribution in [1.29, 1.82) is 5.26 Å². The smallest absolute Gasteiger partial charge is 0.338 e. The fourth-order valence-electron chi connectivity index (χ4n) is 2.08. The number of carbonyl (C=O) groups is 2. The molecule has 134 valence electrons. The molecule has 0 atom stereocenters. The first-order chi connectivity index (χ1) is 12.6. The Morgan fingerprint density at radius 3 is 2.73 bits per heavy atom. The number of nitrogens with one attached hydrogen (secondary N) is 1. The number of ether oxygens (including phenoxy) is 1. The van der Waals surface area contributed by atoms with Crippen molar-refractivity contribution in [3.05, 3.63) is 53.4 Å². The van der Waals surface area contributed by atoms with Gasteiger partial charge in [-0.3, -0.25) is 9.48 Å². The van der Waals surface area contributed by atoms with E-state index < -0.39 is 11.9 Å². The quantitative estimate of drug-likeness (QED) is 0.349. The molecule has 2 aromatic rings. The van der Waals surface area contributed by atoms with Gasteiger partial charge in [-0.25, -0.2) is 4.79 Å². The van der Waals surface area contributed by atoms with Crippen LogP contribution in [0, 0.1) is 11.3 Å². The summed E-state index contributed by atoms with van der Waals surface area (Å²) in [5.74, 6) is -0.573. The van der Waals surface area contributed by atoms with Gasteiger partial charge < -0.3 is 10.1 Å². The van der Waals surface area contributed by atoms with Crippen LogP contribution in [-0.2, 0) is 16.1 Å². The van der Waals surface area contributed by atoms with Crippen LogP contribution in [0.3, 0.4) is 0 Å². The molecule has 0 saturated heterocycles. The number of amides is 1. The zero-order chi connectivity index (χ0) is 18.9. The number of benzene rings is 1. The number of hydrogen-bond acceptors (Lipinski definition) is 5. The van der Waals surface area contributed by atoms with Gasteiger partial charge in [0.15, 0.2) is 0 Å². The molecule has 1 aromatic carbocycles. The number of rotatable bonds is 7. The van der Waals surface area contributed by atoms with Crippen molar-refractivity contribution in [3.63, 3.8) is 0 Å². The summed E-state index contributed by atoms with van der Waals surface area (Å²) in [7, 11) is 0. The Bertz CT molecular complexity index is 850. The molecule has 0 aliphatic heterocycles. The van der Waals surface area contributed by atoms with Crippen LogP contribution in [-0.4, -0.2) is 34.1 Å². The van der Waals surface area contributed by atoms with E-state index in [4.69, 9.17) is 16.3 Å². The highest BCUT2D eigenvalue weighted by molar-refractivity contribution is 6.17. The topological polar surface area (TPSA) is 97.0 Å². The van der Waals surface area contributed by atoms with Gasteiger partial charge in [-0.05, 0) is 37.3 Å². The van der Waals surface area contributed by atoms with Crippen LogP contribution >= 0.6 is 11.6 Å². The van der Waals surface area contributed by atoms with Crippen LogP contribution in [0.4, 0.5) is 5.69 Å². The lowest BCUT2D eigenvalue weighted by Crippen LogP contribution is -2.13. The highest BCUT2D eigenvalue weighted by Gasteiger charge is 2.11. The van der Waals surface area contributed by atoms with Crippen LogP contribution in [0.25, 0.3) is 6.08 Å². The molecular formula is C18H17ClN4O3. The number of aryl methyl sites for hydroxylation is 1. The zero-order valence-electron chi connectivity index (χ0n) is 14.1. The van der Waals surface area contributed by atoms with E-state index in [9.17, 15) is 14.9 Å². The molecule has 0 aliphatic carbocycles. The fourth-order valence-corrected chi connectivity index (χ4v) is 2.25. The molecule has 1 aromatic heterocycles. The first kappa shape index (κ1) is 19.2. The highest BCUT2D eigenvalue weighted by Crippen LogP contribution is 2.13. The summed E-state index contributed by atoms with van der Waals surface area (Å²) < 4.78 is 6.52. The number of esters is 1. The Kier molecular flexibility index (Phi) is 6.94. The minimum Gasteiger partial charge on any atom is -0.462 e.